The van der Waals surface area contributed by atoms with Crippen LogP contribution in [-0.2, 0) is 0 Å². The van der Waals surface area contributed by atoms with Crippen LogP contribution in [0.4, 0.5) is 8.78 Å². The molecule has 1 unspecified atom stereocenters. The van der Waals surface area contributed by atoms with Gasteiger partial charge in [-0.2, -0.15) is 0 Å². The maximum absolute atomic E-state index is 13.4. The zero-order chi connectivity index (χ0) is 16.5. The van der Waals surface area contributed by atoms with Crippen LogP contribution in [0.3, 0.4) is 0 Å². The fourth-order valence-corrected chi connectivity index (χ4v) is 3.76. The third kappa shape index (κ3) is 4.20. The smallest absolute Gasteiger partial charge is 0.123 e. The van der Waals surface area contributed by atoms with Crippen molar-refractivity contribution >= 4 is 12.4 Å². The fraction of sp³-hybridized carbons (Fsp3) is 0.400. The second kappa shape index (κ2) is 7.81. The molecule has 2 aromatic rings. The largest absolute Gasteiger partial charge is 0.311 e. The topological polar surface area (TPSA) is 15.3 Å². The molecule has 0 amide bonds. The lowest BCUT2D eigenvalue weighted by molar-refractivity contribution is 0.155. The second-order valence-electron chi connectivity index (χ2n) is 6.90. The lowest BCUT2D eigenvalue weighted by Gasteiger charge is -2.39. The van der Waals surface area contributed by atoms with E-state index < -0.39 is 0 Å². The molecule has 1 aliphatic carbocycles. The highest BCUT2D eigenvalue weighted by atomic mass is 35.5. The third-order valence-corrected chi connectivity index (χ3v) is 5.16. The summed E-state index contributed by atoms with van der Waals surface area (Å²) in [6.07, 6.45) is 2.62. The maximum atomic E-state index is 13.4. The molecule has 0 bridgehead atoms. The highest BCUT2D eigenvalue weighted by Crippen LogP contribution is 2.36. The number of nitrogens with one attached hydrogen (secondary N) is 1. The molecule has 25 heavy (non-hydrogen) atoms. The molecule has 5 heteroatoms. The van der Waals surface area contributed by atoms with E-state index in [2.05, 4.69) is 10.2 Å². The van der Waals surface area contributed by atoms with Crippen molar-refractivity contribution in [3.05, 3.63) is 71.3 Å². The van der Waals surface area contributed by atoms with Crippen molar-refractivity contribution in [1.29, 1.82) is 0 Å². The van der Waals surface area contributed by atoms with Gasteiger partial charge in [0.25, 0.3) is 0 Å². The monoisotopic (exact) mass is 364 g/mol. The zero-order valence-corrected chi connectivity index (χ0v) is 14.8. The van der Waals surface area contributed by atoms with E-state index in [9.17, 15) is 8.78 Å². The minimum absolute atomic E-state index is 0. The van der Waals surface area contributed by atoms with E-state index in [-0.39, 0.29) is 30.1 Å². The summed E-state index contributed by atoms with van der Waals surface area (Å²) in [7, 11) is 0. The first-order chi connectivity index (χ1) is 11.7. The van der Waals surface area contributed by atoms with Crippen LogP contribution in [0.2, 0.25) is 0 Å². The van der Waals surface area contributed by atoms with Crippen LogP contribution < -0.4 is 5.32 Å². The molecule has 1 aliphatic heterocycles. The van der Waals surface area contributed by atoms with Gasteiger partial charge < -0.3 is 5.32 Å². The summed E-state index contributed by atoms with van der Waals surface area (Å²) in [6.45, 7) is 2.87. The molecule has 134 valence electrons. The van der Waals surface area contributed by atoms with Crippen LogP contribution in [-0.4, -0.2) is 30.6 Å². The van der Waals surface area contributed by atoms with E-state index in [0.717, 1.165) is 36.7 Å². The quantitative estimate of drug-likeness (QED) is 0.876. The van der Waals surface area contributed by atoms with Crippen molar-refractivity contribution in [1.82, 2.24) is 10.2 Å². The first-order valence-corrected chi connectivity index (χ1v) is 8.69. The summed E-state index contributed by atoms with van der Waals surface area (Å²) in [6, 6.07) is 14.0. The van der Waals surface area contributed by atoms with Gasteiger partial charge in [0.15, 0.2) is 0 Å². The van der Waals surface area contributed by atoms with Crippen molar-refractivity contribution in [3.63, 3.8) is 0 Å². The fourth-order valence-electron chi connectivity index (χ4n) is 3.76. The first-order valence-electron chi connectivity index (χ1n) is 8.69. The van der Waals surface area contributed by atoms with Gasteiger partial charge in [-0.05, 0) is 54.2 Å². The van der Waals surface area contributed by atoms with Gasteiger partial charge in [-0.3, -0.25) is 4.90 Å². The number of rotatable bonds is 4. The molecule has 0 aromatic heterocycles. The van der Waals surface area contributed by atoms with Gasteiger partial charge in [-0.1, -0.05) is 24.3 Å². The van der Waals surface area contributed by atoms with Crippen LogP contribution in [0.5, 0.6) is 0 Å². The van der Waals surface area contributed by atoms with Gasteiger partial charge in [0, 0.05) is 25.7 Å². The molecule has 1 N–H and O–H groups in total. The van der Waals surface area contributed by atoms with Gasteiger partial charge in [-0.25, -0.2) is 8.78 Å². The van der Waals surface area contributed by atoms with Gasteiger partial charge in [-0.15, -0.1) is 12.4 Å². The Labute approximate surface area is 153 Å². The highest BCUT2D eigenvalue weighted by Gasteiger charge is 2.36. The van der Waals surface area contributed by atoms with Crippen molar-refractivity contribution < 1.29 is 8.78 Å². The summed E-state index contributed by atoms with van der Waals surface area (Å²) in [5.41, 5.74) is 2.11. The Morgan fingerprint density at radius 3 is 1.88 bits per heavy atom. The Balaban J connectivity index is 0.00000182. The molecule has 1 atom stereocenters. The van der Waals surface area contributed by atoms with E-state index in [4.69, 9.17) is 0 Å². The SMILES string of the molecule is Cl.Fc1ccc(C(c2ccc(F)cc2)N2CCNC(C3CC3)C2)cc1. The van der Waals surface area contributed by atoms with Crippen molar-refractivity contribution in [2.75, 3.05) is 19.6 Å². The van der Waals surface area contributed by atoms with Crippen molar-refractivity contribution in [3.8, 4) is 0 Å². The van der Waals surface area contributed by atoms with Crippen LogP contribution >= 0.6 is 12.4 Å². The molecule has 2 nitrogen and oxygen atoms in total. The Kier molecular flexibility index (Phi) is 5.72. The summed E-state index contributed by atoms with van der Waals surface area (Å²) in [4.78, 5) is 2.44. The van der Waals surface area contributed by atoms with Crippen LogP contribution in [0.1, 0.15) is 30.0 Å². The molecule has 2 aliphatic rings. The molecular weight excluding hydrogens is 342 g/mol. The third-order valence-electron chi connectivity index (χ3n) is 5.16. The van der Waals surface area contributed by atoms with E-state index in [1.165, 1.54) is 37.1 Å². The minimum atomic E-state index is -0.229. The Morgan fingerprint density at radius 2 is 1.40 bits per heavy atom. The molecule has 1 saturated heterocycles. The molecule has 1 saturated carbocycles. The average molecular weight is 365 g/mol. The summed E-state index contributed by atoms with van der Waals surface area (Å²) in [5, 5.41) is 3.63. The van der Waals surface area contributed by atoms with Crippen molar-refractivity contribution in [2.24, 2.45) is 5.92 Å². The van der Waals surface area contributed by atoms with Gasteiger partial charge >= 0.3 is 0 Å². The van der Waals surface area contributed by atoms with Gasteiger partial charge in [0.2, 0.25) is 0 Å². The molecule has 0 radical (unpaired) electrons. The molecule has 4 rings (SSSR count). The average Bonchev–Trinajstić information content (AvgIpc) is 3.44. The number of benzene rings is 2. The molecular formula is C20H23ClF2N2. The number of hydrogen-bond donors (Lipinski definition) is 1. The normalized spacial score (nSPS) is 21.2. The lowest BCUT2D eigenvalue weighted by atomic mass is 9.95. The summed E-state index contributed by atoms with van der Waals surface area (Å²) in [5.74, 6) is 0.329. The predicted molar refractivity (Wildman–Crippen MR) is 98.0 cm³/mol. The predicted octanol–water partition coefficient (Wildman–Crippen LogP) is 4.16. The Morgan fingerprint density at radius 1 is 0.880 bits per heavy atom. The van der Waals surface area contributed by atoms with Crippen molar-refractivity contribution in [2.45, 2.75) is 24.9 Å². The van der Waals surface area contributed by atoms with Crippen LogP contribution in [0, 0.1) is 17.6 Å². The maximum Gasteiger partial charge on any atom is 0.123 e. The molecule has 2 aromatic carbocycles. The van der Waals surface area contributed by atoms with E-state index in [0.29, 0.717) is 6.04 Å². The molecule has 0 spiro atoms. The van der Waals surface area contributed by atoms with E-state index in [1.54, 1.807) is 0 Å². The number of halogens is 3. The number of piperazine rings is 1. The van der Waals surface area contributed by atoms with Crippen LogP contribution in [0.25, 0.3) is 0 Å². The Bertz CT molecular complexity index is 640. The highest BCUT2D eigenvalue weighted by molar-refractivity contribution is 5.85. The first kappa shape index (κ1) is 18.3. The Hall–Kier alpha value is -1.49. The zero-order valence-electron chi connectivity index (χ0n) is 14.0. The summed E-state index contributed by atoms with van der Waals surface area (Å²) >= 11 is 0. The number of hydrogen-bond acceptors (Lipinski definition) is 2. The molecule has 1 heterocycles. The molecule has 2 fully saturated rings. The second-order valence-corrected chi connectivity index (χ2v) is 6.90. The lowest BCUT2D eigenvalue weighted by Crippen LogP contribution is -2.52. The van der Waals surface area contributed by atoms with E-state index >= 15 is 0 Å². The van der Waals surface area contributed by atoms with Gasteiger partial charge in [0.05, 0.1) is 6.04 Å². The van der Waals surface area contributed by atoms with E-state index in [1.807, 2.05) is 24.3 Å². The standard InChI is InChI=1S/C20H22F2N2.ClH/c21-17-7-3-15(4-8-17)20(16-5-9-18(22)10-6-16)24-12-11-23-19(13-24)14-1-2-14;/h3-10,14,19-20,23H,1-2,11-13H2;1H. The van der Waals surface area contributed by atoms with Gasteiger partial charge in [0.1, 0.15) is 11.6 Å². The summed E-state index contributed by atoms with van der Waals surface area (Å²) < 4.78 is 26.7. The van der Waals surface area contributed by atoms with Crippen LogP contribution in [0.15, 0.2) is 48.5 Å². The number of nitrogens with zero attached hydrogens (tertiary/aromatic N) is 1. The minimum Gasteiger partial charge on any atom is -0.311 e.